The summed E-state index contributed by atoms with van der Waals surface area (Å²) in [6.07, 6.45) is 0.644. The van der Waals surface area contributed by atoms with Crippen molar-refractivity contribution in [3.05, 3.63) is 46.7 Å². The highest BCUT2D eigenvalue weighted by Crippen LogP contribution is 2.42. The summed E-state index contributed by atoms with van der Waals surface area (Å²) >= 11 is 1.52. The van der Waals surface area contributed by atoms with Crippen molar-refractivity contribution < 1.29 is 19.1 Å². The van der Waals surface area contributed by atoms with Crippen LogP contribution in [0.1, 0.15) is 24.3 Å². The normalized spacial score (nSPS) is 18.8. The third kappa shape index (κ3) is 3.42. The van der Waals surface area contributed by atoms with E-state index in [-0.39, 0.29) is 12.5 Å². The first-order valence-electron chi connectivity index (χ1n) is 9.64. The van der Waals surface area contributed by atoms with Gasteiger partial charge in [-0.3, -0.25) is 19.1 Å². The van der Waals surface area contributed by atoms with Gasteiger partial charge in [-0.25, -0.2) is 4.98 Å². The van der Waals surface area contributed by atoms with Crippen LogP contribution < -0.4 is 4.90 Å². The zero-order chi connectivity index (χ0) is 20.4. The number of carbonyl (C=O) groups excluding carboxylic acids is 2. The first kappa shape index (κ1) is 19.6. The van der Waals surface area contributed by atoms with Crippen molar-refractivity contribution in [2.45, 2.75) is 19.4 Å². The second kappa shape index (κ2) is 8.34. The summed E-state index contributed by atoms with van der Waals surface area (Å²) < 4.78 is 12.5. The highest BCUT2D eigenvalue weighted by molar-refractivity contribution is 7.10. The molecule has 0 saturated heterocycles. The summed E-state index contributed by atoms with van der Waals surface area (Å²) in [5.74, 6) is -1.18. The number of nitrogens with zero attached hydrogens (tertiary/aromatic N) is 3. The summed E-state index contributed by atoms with van der Waals surface area (Å²) in [6.45, 7) is 2.91. The number of aromatic nitrogens is 2. The number of hydrogen-bond donors (Lipinski definition) is 0. The second-order valence-corrected chi connectivity index (χ2v) is 7.78. The summed E-state index contributed by atoms with van der Waals surface area (Å²) in [5.41, 5.74) is 1.68. The Labute approximate surface area is 172 Å². The zero-order valence-corrected chi connectivity index (χ0v) is 17.2. The van der Waals surface area contributed by atoms with E-state index in [0.29, 0.717) is 25.5 Å². The van der Waals surface area contributed by atoms with E-state index in [4.69, 9.17) is 14.5 Å². The molecule has 1 aromatic carbocycles. The van der Waals surface area contributed by atoms with E-state index in [1.807, 2.05) is 46.3 Å². The number of ether oxygens (including phenoxy) is 2. The number of para-hydroxylation sites is 2. The van der Waals surface area contributed by atoms with Gasteiger partial charge < -0.3 is 9.47 Å². The fraction of sp³-hybridized carbons (Fsp3) is 0.381. The molecule has 4 rings (SSSR count). The summed E-state index contributed by atoms with van der Waals surface area (Å²) in [6, 6.07) is 11.1. The molecule has 7 nitrogen and oxygen atoms in total. The molecule has 0 spiro atoms. The van der Waals surface area contributed by atoms with Crippen molar-refractivity contribution in [3.63, 3.8) is 0 Å². The maximum absolute atomic E-state index is 13.5. The molecule has 0 aliphatic carbocycles. The monoisotopic (exact) mass is 413 g/mol. The van der Waals surface area contributed by atoms with Crippen molar-refractivity contribution in [1.82, 2.24) is 9.55 Å². The van der Waals surface area contributed by atoms with Crippen LogP contribution in [0.25, 0.3) is 11.0 Å². The summed E-state index contributed by atoms with van der Waals surface area (Å²) in [5, 5.41) is 1.95. The van der Waals surface area contributed by atoms with Gasteiger partial charge in [-0.15, -0.1) is 11.3 Å². The number of carbonyl (C=O) groups is 2. The van der Waals surface area contributed by atoms with E-state index in [2.05, 4.69) is 0 Å². The van der Waals surface area contributed by atoms with E-state index in [1.165, 1.54) is 11.3 Å². The van der Waals surface area contributed by atoms with Crippen LogP contribution in [0.2, 0.25) is 0 Å². The lowest BCUT2D eigenvalue weighted by Crippen LogP contribution is -2.50. The van der Waals surface area contributed by atoms with Crippen molar-refractivity contribution >= 4 is 40.2 Å². The molecule has 2 atom stereocenters. The number of hydrogen-bond acceptors (Lipinski definition) is 6. The van der Waals surface area contributed by atoms with E-state index in [0.717, 1.165) is 15.9 Å². The molecule has 152 valence electrons. The van der Waals surface area contributed by atoms with Gasteiger partial charge in [0.1, 0.15) is 0 Å². The number of rotatable bonds is 7. The van der Waals surface area contributed by atoms with Gasteiger partial charge in [0.2, 0.25) is 11.9 Å². The topological polar surface area (TPSA) is 73.7 Å². The van der Waals surface area contributed by atoms with Crippen molar-refractivity contribution in [3.8, 4) is 0 Å². The zero-order valence-electron chi connectivity index (χ0n) is 16.4. The molecule has 0 saturated carbocycles. The Morgan fingerprint density at radius 3 is 2.79 bits per heavy atom. The quantitative estimate of drug-likeness (QED) is 0.338. The van der Waals surface area contributed by atoms with E-state index >= 15 is 0 Å². The molecule has 1 amide bonds. The van der Waals surface area contributed by atoms with E-state index in [9.17, 15) is 9.59 Å². The number of thiophene rings is 1. The first-order valence-corrected chi connectivity index (χ1v) is 10.5. The average Bonchev–Trinajstić information content (AvgIpc) is 3.37. The Morgan fingerprint density at radius 1 is 1.24 bits per heavy atom. The van der Waals surface area contributed by atoms with Gasteiger partial charge in [-0.05, 0) is 36.9 Å². The molecular weight excluding hydrogens is 390 g/mol. The van der Waals surface area contributed by atoms with Gasteiger partial charge in [0.05, 0.1) is 23.7 Å². The van der Waals surface area contributed by atoms with Gasteiger partial charge in [0.15, 0.2) is 5.92 Å². The Bertz CT molecular complexity index is 1010. The third-order valence-electron chi connectivity index (χ3n) is 5.05. The minimum Gasteiger partial charge on any atom is -0.465 e. The summed E-state index contributed by atoms with van der Waals surface area (Å²) in [7, 11) is 1.63. The molecule has 0 fully saturated rings. The summed E-state index contributed by atoms with van der Waals surface area (Å²) in [4.78, 5) is 33.7. The van der Waals surface area contributed by atoms with Crippen molar-refractivity contribution in [2.24, 2.45) is 5.92 Å². The van der Waals surface area contributed by atoms with Crippen LogP contribution in [-0.2, 0) is 19.1 Å². The van der Waals surface area contributed by atoms with Gasteiger partial charge in [-0.1, -0.05) is 18.2 Å². The predicted octanol–water partition coefficient (Wildman–Crippen LogP) is 3.25. The van der Waals surface area contributed by atoms with Crippen molar-refractivity contribution in [2.75, 3.05) is 31.8 Å². The lowest BCUT2D eigenvalue weighted by Gasteiger charge is -2.37. The second-order valence-electron chi connectivity index (χ2n) is 6.80. The number of esters is 1. The smallest absolute Gasteiger partial charge is 0.321 e. The number of anilines is 1. The minimum atomic E-state index is -0.957. The molecule has 29 heavy (non-hydrogen) atoms. The Kier molecular flexibility index (Phi) is 5.64. The van der Waals surface area contributed by atoms with Gasteiger partial charge >= 0.3 is 5.97 Å². The van der Waals surface area contributed by atoms with Crippen LogP contribution in [0.3, 0.4) is 0 Å². The molecule has 0 bridgehead atoms. The highest BCUT2D eigenvalue weighted by atomic mass is 32.1. The molecule has 1 aliphatic heterocycles. The van der Waals surface area contributed by atoms with Gasteiger partial charge in [0, 0.05) is 25.1 Å². The largest absolute Gasteiger partial charge is 0.465 e. The molecule has 2 aromatic heterocycles. The van der Waals surface area contributed by atoms with Crippen LogP contribution in [0.4, 0.5) is 5.95 Å². The lowest BCUT2D eigenvalue weighted by molar-refractivity contribution is -0.153. The van der Waals surface area contributed by atoms with Crippen LogP contribution >= 0.6 is 11.3 Å². The van der Waals surface area contributed by atoms with Crippen LogP contribution in [-0.4, -0.2) is 48.3 Å². The Balaban J connectivity index is 1.91. The predicted molar refractivity (Wildman–Crippen MR) is 111 cm³/mol. The average molecular weight is 413 g/mol. The van der Waals surface area contributed by atoms with E-state index in [1.54, 1.807) is 18.9 Å². The van der Waals surface area contributed by atoms with Crippen LogP contribution in [0, 0.1) is 5.92 Å². The molecule has 0 radical (unpaired) electrons. The molecule has 0 unspecified atom stereocenters. The molecule has 3 heterocycles. The van der Waals surface area contributed by atoms with Crippen molar-refractivity contribution in [1.29, 1.82) is 0 Å². The SMILES string of the molecule is CCOC(=O)[C@@H]1C(=O)N(CCCOC)c2nc3ccccc3n2[C@H]1c1cccs1. The number of fused-ring (bicyclic) bond motifs is 3. The molecule has 0 N–H and O–H groups in total. The molecule has 1 aliphatic rings. The number of amides is 1. The highest BCUT2D eigenvalue weighted by Gasteiger charge is 2.48. The van der Waals surface area contributed by atoms with Gasteiger partial charge in [0.25, 0.3) is 0 Å². The fourth-order valence-corrected chi connectivity index (χ4v) is 4.69. The third-order valence-corrected chi connectivity index (χ3v) is 5.99. The van der Waals surface area contributed by atoms with Crippen LogP contribution in [0.5, 0.6) is 0 Å². The molecular formula is C21H23N3O4S. The maximum Gasteiger partial charge on any atom is 0.321 e. The number of imidazole rings is 1. The standard InChI is InChI=1S/C21H23N3O4S/c1-3-28-20(26)17-18(16-10-6-13-29-16)24-15-9-5-4-8-14(15)22-21(24)23(19(17)25)11-7-12-27-2/h4-6,8-10,13,17-18H,3,7,11-12H2,1-2H3/t17-,18-/m0/s1. The molecule has 3 aromatic rings. The van der Waals surface area contributed by atoms with E-state index < -0.39 is 17.9 Å². The number of methoxy groups -OCH3 is 1. The van der Waals surface area contributed by atoms with Gasteiger partial charge in [-0.2, -0.15) is 0 Å². The minimum absolute atomic E-state index is 0.223. The Morgan fingerprint density at radius 2 is 2.07 bits per heavy atom. The first-order chi connectivity index (χ1) is 14.2. The fourth-order valence-electron chi connectivity index (χ4n) is 3.84. The maximum atomic E-state index is 13.5. The Hall–Kier alpha value is -2.71. The lowest BCUT2D eigenvalue weighted by atomic mass is 9.94. The van der Waals surface area contributed by atoms with Crippen LogP contribution in [0.15, 0.2) is 41.8 Å². The molecule has 8 heteroatoms. The number of benzene rings is 1.